The van der Waals surface area contributed by atoms with Crippen molar-refractivity contribution in [2.45, 2.75) is 19.0 Å². The maximum Gasteiger partial charge on any atom is 0.260 e. The fourth-order valence-corrected chi connectivity index (χ4v) is 2.91. The lowest BCUT2D eigenvalue weighted by atomic mass is 10.1. The first-order valence-corrected chi connectivity index (χ1v) is 7.87. The number of nitrogens with two attached hydrogens (primary N) is 1. The van der Waals surface area contributed by atoms with Gasteiger partial charge in [0, 0.05) is 23.6 Å². The number of hydroxylamine groups is 1. The topological polar surface area (TPSA) is 104 Å². The number of amides is 1. The summed E-state index contributed by atoms with van der Waals surface area (Å²) in [5.74, 6) is -0.607. The van der Waals surface area contributed by atoms with Crippen LogP contribution < -0.4 is 11.2 Å². The lowest BCUT2D eigenvalue weighted by Crippen LogP contribution is -2.40. The summed E-state index contributed by atoms with van der Waals surface area (Å²) in [6, 6.07) is 16.6. The zero-order chi connectivity index (χ0) is 17.8. The summed E-state index contributed by atoms with van der Waals surface area (Å²) >= 11 is 0. The quantitative estimate of drug-likeness (QED) is 0.490. The van der Waals surface area contributed by atoms with Crippen LogP contribution in [-0.2, 0) is 17.8 Å². The molecule has 6 nitrogen and oxygen atoms in total. The number of hydrogen-bond donors (Lipinski definition) is 3. The molecule has 3 rings (SSSR count). The average molecular weight is 334 g/mol. The summed E-state index contributed by atoms with van der Waals surface area (Å²) in [5.41, 5.74) is 11.1. The molecule has 4 N–H and O–H groups in total. The maximum atomic E-state index is 11.5. The number of fused-ring (bicyclic) bond motifs is 1. The van der Waals surface area contributed by atoms with Gasteiger partial charge >= 0.3 is 0 Å². The van der Waals surface area contributed by atoms with E-state index in [1.165, 1.54) is 0 Å². The van der Waals surface area contributed by atoms with E-state index in [4.69, 9.17) is 16.2 Å². The van der Waals surface area contributed by atoms with Gasteiger partial charge in [0.2, 0.25) is 0 Å². The van der Waals surface area contributed by atoms with Crippen LogP contribution >= 0.6 is 0 Å². The van der Waals surface area contributed by atoms with Crippen molar-refractivity contribution < 1.29 is 10.0 Å². The highest BCUT2D eigenvalue weighted by Crippen LogP contribution is 2.23. The molecular weight excluding hydrogens is 316 g/mol. The molecule has 0 unspecified atom stereocenters. The van der Waals surface area contributed by atoms with Gasteiger partial charge < -0.3 is 10.3 Å². The highest BCUT2D eigenvalue weighted by atomic mass is 16.5. The Kier molecular flexibility index (Phi) is 4.80. The van der Waals surface area contributed by atoms with Crippen LogP contribution in [0.3, 0.4) is 0 Å². The van der Waals surface area contributed by atoms with Crippen molar-refractivity contribution in [3.05, 3.63) is 71.4 Å². The van der Waals surface area contributed by atoms with Crippen molar-refractivity contribution in [3.8, 4) is 6.07 Å². The van der Waals surface area contributed by atoms with Gasteiger partial charge in [-0.25, -0.2) is 5.48 Å². The Balaban J connectivity index is 1.93. The van der Waals surface area contributed by atoms with Gasteiger partial charge in [-0.1, -0.05) is 30.3 Å². The standard InChI is InChI=1S/C19H18N4O2/c20-10-13-5-7-14(8-6-13)11-23-12-15(9-17(21)19(24)22-25)16-3-1-2-4-18(16)23/h1-8,12,17,25H,9,11,21H2,(H,22,24)/t17-/m0/s1. The number of para-hydroxylation sites is 1. The number of carbonyl (C=O) groups excluding carboxylic acids is 1. The number of hydrogen-bond acceptors (Lipinski definition) is 4. The second-order valence-electron chi connectivity index (χ2n) is 5.89. The van der Waals surface area contributed by atoms with E-state index >= 15 is 0 Å². The molecule has 25 heavy (non-hydrogen) atoms. The minimum atomic E-state index is -0.820. The second kappa shape index (κ2) is 7.18. The van der Waals surface area contributed by atoms with Crippen molar-refractivity contribution >= 4 is 16.8 Å². The Bertz CT molecular complexity index is 938. The molecule has 2 aromatic carbocycles. The molecule has 6 heteroatoms. The predicted octanol–water partition coefficient (Wildman–Crippen LogP) is 1.94. The highest BCUT2D eigenvalue weighted by molar-refractivity contribution is 5.86. The zero-order valence-electron chi connectivity index (χ0n) is 13.5. The first-order valence-electron chi connectivity index (χ1n) is 7.87. The molecule has 0 aliphatic carbocycles. The number of benzene rings is 2. The summed E-state index contributed by atoms with van der Waals surface area (Å²) in [6.07, 6.45) is 2.31. The number of nitrogens with zero attached hydrogens (tertiary/aromatic N) is 2. The van der Waals surface area contributed by atoms with Crippen LogP contribution in [0, 0.1) is 11.3 Å². The first kappa shape index (κ1) is 16.7. The van der Waals surface area contributed by atoms with E-state index in [-0.39, 0.29) is 0 Å². The Morgan fingerprint density at radius 1 is 1.24 bits per heavy atom. The van der Waals surface area contributed by atoms with Crippen LogP contribution in [0.25, 0.3) is 10.9 Å². The molecular formula is C19H18N4O2. The number of aromatic nitrogens is 1. The van der Waals surface area contributed by atoms with Gasteiger partial charge in [0.25, 0.3) is 5.91 Å². The van der Waals surface area contributed by atoms with E-state index in [1.54, 1.807) is 17.6 Å². The minimum Gasteiger partial charge on any atom is -0.343 e. The summed E-state index contributed by atoms with van der Waals surface area (Å²) in [5, 5.41) is 18.7. The molecule has 0 fully saturated rings. The van der Waals surface area contributed by atoms with Crippen molar-refractivity contribution in [3.63, 3.8) is 0 Å². The fourth-order valence-electron chi connectivity index (χ4n) is 2.91. The van der Waals surface area contributed by atoms with Crippen LogP contribution in [0.4, 0.5) is 0 Å². The number of rotatable bonds is 5. The second-order valence-corrected chi connectivity index (χ2v) is 5.89. The summed E-state index contributed by atoms with van der Waals surface area (Å²) in [4.78, 5) is 11.5. The smallest absolute Gasteiger partial charge is 0.260 e. The minimum absolute atomic E-state index is 0.327. The molecule has 0 radical (unpaired) electrons. The third-order valence-electron chi connectivity index (χ3n) is 4.19. The third kappa shape index (κ3) is 3.53. The Hall–Kier alpha value is -3.14. The fraction of sp³-hybridized carbons (Fsp3) is 0.158. The number of carbonyl (C=O) groups is 1. The Morgan fingerprint density at radius 3 is 2.64 bits per heavy atom. The van der Waals surface area contributed by atoms with E-state index in [0.717, 1.165) is 22.0 Å². The number of nitrogens with one attached hydrogen (secondary N) is 1. The van der Waals surface area contributed by atoms with Gasteiger partial charge in [-0.3, -0.25) is 10.0 Å². The SMILES string of the molecule is N#Cc1ccc(Cn2cc(C[C@H](N)C(=O)NO)c3ccccc32)cc1. The van der Waals surface area contributed by atoms with Gasteiger partial charge in [-0.2, -0.15) is 5.26 Å². The summed E-state index contributed by atoms with van der Waals surface area (Å²) < 4.78 is 2.09. The first-order chi connectivity index (χ1) is 12.1. The monoisotopic (exact) mass is 334 g/mol. The summed E-state index contributed by atoms with van der Waals surface area (Å²) in [6.45, 7) is 0.646. The molecule has 0 spiro atoms. The molecule has 0 saturated heterocycles. The van der Waals surface area contributed by atoms with E-state index < -0.39 is 11.9 Å². The van der Waals surface area contributed by atoms with E-state index in [1.807, 2.05) is 42.6 Å². The van der Waals surface area contributed by atoms with Crippen LogP contribution in [0.5, 0.6) is 0 Å². The molecule has 0 aliphatic rings. The van der Waals surface area contributed by atoms with Crippen LogP contribution in [0.15, 0.2) is 54.7 Å². The van der Waals surface area contributed by atoms with Gasteiger partial charge in [0.05, 0.1) is 17.7 Å². The largest absolute Gasteiger partial charge is 0.343 e. The molecule has 126 valence electrons. The average Bonchev–Trinajstić information content (AvgIpc) is 2.99. The molecule has 0 bridgehead atoms. The lowest BCUT2D eigenvalue weighted by molar-refractivity contribution is -0.130. The molecule has 1 aromatic heterocycles. The van der Waals surface area contributed by atoms with Crippen molar-refractivity contribution in [2.24, 2.45) is 5.73 Å². The Morgan fingerprint density at radius 2 is 1.96 bits per heavy atom. The molecule has 3 aromatic rings. The maximum absolute atomic E-state index is 11.5. The van der Waals surface area contributed by atoms with E-state index in [0.29, 0.717) is 18.5 Å². The van der Waals surface area contributed by atoms with Crippen molar-refractivity contribution in [2.75, 3.05) is 0 Å². The molecule has 0 saturated carbocycles. The van der Waals surface area contributed by atoms with Crippen molar-refractivity contribution in [1.82, 2.24) is 10.0 Å². The highest BCUT2D eigenvalue weighted by Gasteiger charge is 2.17. The van der Waals surface area contributed by atoms with E-state index in [9.17, 15) is 4.79 Å². The molecule has 1 atom stereocenters. The lowest BCUT2D eigenvalue weighted by Gasteiger charge is -2.08. The summed E-state index contributed by atoms with van der Waals surface area (Å²) in [7, 11) is 0. The third-order valence-corrected chi connectivity index (χ3v) is 4.19. The van der Waals surface area contributed by atoms with E-state index in [2.05, 4.69) is 10.6 Å². The van der Waals surface area contributed by atoms with Gasteiger partial charge in [-0.15, -0.1) is 0 Å². The molecule has 1 heterocycles. The normalized spacial score (nSPS) is 11.9. The van der Waals surface area contributed by atoms with Crippen LogP contribution in [-0.4, -0.2) is 21.7 Å². The predicted molar refractivity (Wildman–Crippen MR) is 93.8 cm³/mol. The van der Waals surface area contributed by atoms with Crippen LogP contribution in [0.2, 0.25) is 0 Å². The van der Waals surface area contributed by atoms with Gasteiger partial charge in [-0.05, 0) is 35.7 Å². The van der Waals surface area contributed by atoms with Gasteiger partial charge in [0.15, 0.2) is 0 Å². The zero-order valence-corrected chi connectivity index (χ0v) is 13.5. The van der Waals surface area contributed by atoms with Crippen LogP contribution in [0.1, 0.15) is 16.7 Å². The van der Waals surface area contributed by atoms with Crippen molar-refractivity contribution in [1.29, 1.82) is 5.26 Å². The molecule has 1 amide bonds. The Labute approximate surface area is 145 Å². The molecule has 0 aliphatic heterocycles. The van der Waals surface area contributed by atoms with Gasteiger partial charge in [0.1, 0.15) is 0 Å². The number of nitriles is 1.